The Hall–Kier alpha value is -0.650. The Morgan fingerprint density at radius 2 is 2.43 bits per heavy atom. The zero-order valence-corrected chi connectivity index (χ0v) is 8.24. The highest BCUT2D eigenvalue weighted by Gasteiger charge is 2.36. The maximum atomic E-state index is 11.1. The van der Waals surface area contributed by atoms with Crippen LogP contribution in [0.4, 0.5) is 0 Å². The van der Waals surface area contributed by atoms with Crippen LogP contribution in [0.25, 0.3) is 0 Å². The third kappa shape index (κ3) is 1.89. The predicted molar refractivity (Wildman–Crippen MR) is 51.3 cm³/mol. The van der Waals surface area contributed by atoms with E-state index in [9.17, 15) is 4.79 Å². The Labute approximate surface area is 83.5 Å². The molecule has 1 heterocycles. The van der Waals surface area contributed by atoms with E-state index in [2.05, 4.69) is 10.3 Å². The van der Waals surface area contributed by atoms with E-state index < -0.39 is 0 Å². The van der Waals surface area contributed by atoms with Crippen LogP contribution in [0.1, 0.15) is 19.3 Å². The molecule has 5 nitrogen and oxygen atoms in total. The molecule has 0 radical (unpaired) electrons. The lowest BCUT2D eigenvalue weighted by molar-refractivity contribution is -0.126. The van der Waals surface area contributed by atoms with Crippen molar-refractivity contribution in [3.05, 3.63) is 0 Å². The molecule has 2 atom stereocenters. The fraction of sp³-hybridized carbons (Fsp3) is 0.889. The Balaban J connectivity index is 1.93. The highest BCUT2D eigenvalue weighted by molar-refractivity contribution is 5.77. The average Bonchev–Trinajstić information content (AvgIpc) is 2.66. The molecule has 14 heavy (non-hydrogen) atoms. The summed E-state index contributed by atoms with van der Waals surface area (Å²) in [6.45, 7) is 1.98. The molecule has 1 amide bonds. The molecule has 2 unspecified atom stereocenters. The van der Waals surface area contributed by atoms with Crippen LogP contribution in [0, 0.1) is 0 Å². The lowest BCUT2D eigenvalue weighted by Gasteiger charge is -2.36. The number of carbonyl (C=O) groups excluding carboxylic acids is 1. The minimum atomic E-state index is -0.113. The normalized spacial score (nSPS) is 32.6. The Morgan fingerprint density at radius 1 is 1.57 bits per heavy atom. The number of morpholine rings is 1. The molecule has 0 aromatic heterocycles. The van der Waals surface area contributed by atoms with Crippen molar-refractivity contribution in [3.8, 4) is 0 Å². The van der Waals surface area contributed by atoms with Crippen LogP contribution >= 0.6 is 0 Å². The van der Waals surface area contributed by atoms with E-state index >= 15 is 0 Å². The molecule has 2 fully saturated rings. The SMILES string of the molecule is NNC(=O)CN1CCOC2CCCC21. The first-order chi connectivity index (χ1) is 6.81. The number of rotatable bonds is 2. The molecule has 1 saturated carbocycles. The molecule has 3 N–H and O–H groups in total. The monoisotopic (exact) mass is 199 g/mol. The van der Waals surface area contributed by atoms with Gasteiger partial charge in [0.05, 0.1) is 19.3 Å². The summed E-state index contributed by atoms with van der Waals surface area (Å²) < 4.78 is 5.64. The maximum absolute atomic E-state index is 11.1. The smallest absolute Gasteiger partial charge is 0.248 e. The van der Waals surface area contributed by atoms with Gasteiger partial charge in [0, 0.05) is 12.6 Å². The number of nitrogens with zero attached hydrogens (tertiary/aromatic N) is 1. The molecule has 1 aliphatic heterocycles. The first kappa shape index (κ1) is 9.89. The Morgan fingerprint density at radius 3 is 3.21 bits per heavy atom. The second-order valence-electron chi connectivity index (χ2n) is 3.95. The molecular weight excluding hydrogens is 182 g/mol. The van der Waals surface area contributed by atoms with E-state index in [1.54, 1.807) is 0 Å². The fourth-order valence-electron chi connectivity index (χ4n) is 2.43. The minimum absolute atomic E-state index is 0.113. The molecule has 1 saturated heterocycles. The number of carbonyl (C=O) groups is 1. The summed E-state index contributed by atoms with van der Waals surface area (Å²) in [7, 11) is 0. The van der Waals surface area contributed by atoms with Crippen molar-refractivity contribution in [2.45, 2.75) is 31.4 Å². The van der Waals surface area contributed by atoms with Crippen molar-refractivity contribution < 1.29 is 9.53 Å². The van der Waals surface area contributed by atoms with Gasteiger partial charge >= 0.3 is 0 Å². The first-order valence-corrected chi connectivity index (χ1v) is 5.16. The first-order valence-electron chi connectivity index (χ1n) is 5.16. The molecule has 0 aromatic carbocycles. The van der Waals surface area contributed by atoms with Gasteiger partial charge in [-0.2, -0.15) is 0 Å². The summed E-state index contributed by atoms with van der Waals surface area (Å²) in [5.74, 6) is 4.96. The van der Waals surface area contributed by atoms with E-state index in [0.717, 1.165) is 26.0 Å². The van der Waals surface area contributed by atoms with Crippen LogP contribution in [-0.2, 0) is 9.53 Å². The van der Waals surface area contributed by atoms with Crippen LogP contribution < -0.4 is 11.3 Å². The molecule has 2 rings (SSSR count). The second kappa shape index (κ2) is 4.25. The third-order valence-corrected chi connectivity index (χ3v) is 3.10. The topological polar surface area (TPSA) is 67.6 Å². The van der Waals surface area contributed by atoms with E-state index in [-0.39, 0.29) is 5.91 Å². The van der Waals surface area contributed by atoms with E-state index in [0.29, 0.717) is 18.7 Å². The van der Waals surface area contributed by atoms with Gasteiger partial charge in [0.1, 0.15) is 0 Å². The molecule has 80 valence electrons. The summed E-state index contributed by atoms with van der Waals surface area (Å²) in [6.07, 6.45) is 3.82. The van der Waals surface area contributed by atoms with Gasteiger partial charge in [0.2, 0.25) is 5.91 Å². The number of nitrogens with two attached hydrogens (primary N) is 1. The summed E-state index contributed by atoms with van der Waals surface area (Å²) >= 11 is 0. The van der Waals surface area contributed by atoms with E-state index in [1.165, 1.54) is 6.42 Å². The van der Waals surface area contributed by atoms with Gasteiger partial charge in [-0.05, 0) is 19.3 Å². The van der Waals surface area contributed by atoms with Gasteiger partial charge in [-0.1, -0.05) is 0 Å². The van der Waals surface area contributed by atoms with Crippen LogP contribution in [0.2, 0.25) is 0 Å². The second-order valence-corrected chi connectivity index (χ2v) is 3.95. The predicted octanol–water partition coefficient (Wildman–Crippen LogP) is -0.770. The lowest BCUT2D eigenvalue weighted by Crippen LogP contribution is -2.52. The minimum Gasteiger partial charge on any atom is -0.375 e. The molecule has 0 bridgehead atoms. The fourth-order valence-corrected chi connectivity index (χ4v) is 2.43. The lowest BCUT2D eigenvalue weighted by atomic mass is 10.1. The summed E-state index contributed by atoms with van der Waals surface area (Å²) in [5.41, 5.74) is 2.17. The van der Waals surface area contributed by atoms with Gasteiger partial charge in [0.25, 0.3) is 0 Å². The zero-order chi connectivity index (χ0) is 9.97. The van der Waals surface area contributed by atoms with Crippen LogP contribution in [-0.4, -0.2) is 42.6 Å². The Bertz CT molecular complexity index is 222. The van der Waals surface area contributed by atoms with Crippen molar-refractivity contribution in [1.29, 1.82) is 0 Å². The molecule has 1 aliphatic carbocycles. The van der Waals surface area contributed by atoms with Crippen molar-refractivity contribution in [3.63, 3.8) is 0 Å². The van der Waals surface area contributed by atoms with Gasteiger partial charge in [0.15, 0.2) is 0 Å². The number of fused-ring (bicyclic) bond motifs is 1. The van der Waals surface area contributed by atoms with Crippen molar-refractivity contribution in [2.75, 3.05) is 19.7 Å². The van der Waals surface area contributed by atoms with Gasteiger partial charge in [-0.3, -0.25) is 15.1 Å². The standard InChI is InChI=1S/C9H17N3O2/c10-11-9(13)6-12-4-5-14-8-3-1-2-7(8)12/h7-8H,1-6,10H2,(H,11,13). The maximum Gasteiger partial charge on any atom is 0.248 e. The van der Waals surface area contributed by atoms with Gasteiger partial charge < -0.3 is 4.74 Å². The van der Waals surface area contributed by atoms with E-state index in [1.807, 2.05) is 0 Å². The highest BCUT2D eigenvalue weighted by Crippen LogP contribution is 2.29. The molecule has 0 aromatic rings. The molecular formula is C9H17N3O2. The Kier molecular flexibility index (Phi) is 3.00. The third-order valence-electron chi connectivity index (χ3n) is 3.10. The average molecular weight is 199 g/mol. The summed E-state index contributed by atoms with van der Waals surface area (Å²) in [4.78, 5) is 13.3. The van der Waals surface area contributed by atoms with Crippen molar-refractivity contribution >= 4 is 5.91 Å². The summed E-state index contributed by atoms with van der Waals surface area (Å²) in [6, 6.07) is 0.432. The number of hydrazine groups is 1. The highest BCUT2D eigenvalue weighted by atomic mass is 16.5. The number of hydrogen-bond acceptors (Lipinski definition) is 4. The number of hydrogen-bond donors (Lipinski definition) is 2. The number of amides is 1. The van der Waals surface area contributed by atoms with Gasteiger partial charge in [-0.25, -0.2) is 5.84 Å². The van der Waals surface area contributed by atoms with E-state index in [4.69, 9.17) is 10.6 Å². The quantitative estimate of drug-likeness (QED) is 0.348. The molecule has 5 heteroatoms. The molecule has 0 spiro atoms. The largest absolute Gasteiger partial charge is 0.375 e. The number of ether oxygens (including phenoxy) is 1. The van der Waals surface area contributed by atoms with Crippen molar-refractivity contribution in [2.24, 2.45) is 5.84 Å². The van der Waals surface area contributed by atoms with Gasteiger partial charge in [-0.15, -0.1) is 0 Å². The van der Waals surface area contributed by atoms with Crippen molar-refractivity contribution in [1.82, 2.24) is 10.3 Å². The zero-order valence-electron chi connectivity index (χ0n) is 8.24. The summed E-state index contributed by atoms with van der Waals surface area (Å²) in [5, 5.41) is 0. The van der Waals surface area contributed by atoms with Crippen LogP contribution in [0.3, 0.4) is 0 Å². The molecule has 2 aliphatic rings. The van der Waals surface area contributed by atoms with Crippen LogP contribution in [0.5, 0.6) is 0 Å². The number of nitrogens with one attached hydrogen (secondary N) is 1. The van der Waals surface area contributed by atoms with Crippen LogP contribution in [0.15, 0.2) is 0 Å².